The molecular formula is C18H20N2O5. The molecule has 0 saturated heterocycles. The summed E-state index contributed by atoms with van der Waals surface area (Å²) in [6, 6.07) is 8.52. The van der Waals surface area contributed by atoms with E-state index in [4.69, 9.17) is 13.9 Å². The minimum absolute atomic E-state index is 0.0659. The van der Waals surface area contributed by atoms with Crippen molar-refractivity contribution in [2.45, 2.75) is 13.8 Å². The highest BCUT2D eigenvalue weighted by atomic mass is 16.6. The Morgan fingerprint density at radius 2 is 1.88 bits per heavy atom. The summed E-state index contributed by atoms with van der Waals surface area (Å²) >= 11 is 0. The van der Waals surface area contributed by atoms with Gasteiger partial charge in [0.2, 0.25) is 5.91 Å². The van der Waals surface area contributed by atoms with Gasteiger partial charge in [0.1, 0.15) is 25.5 Å². The van der Waals surface area contributed by atoms with Crippen LogP contribution in [0.5, 0.6) is 11.5 Å². The fourth-order valence-electron chi connectivity index (χ4n) is 2.53. The number of aryl methyl sites for hydroxylation is 1. The molecule has 7 heteroatoms. The fraction of sp³-hybridized carbons (Fsp3) is 0.333. The van der Waals surface area contributed by atoms with Gasteiger partial charge in [0.05, 0.1) is 0 Å². The van der Waals surface area contributed by atoms with E-state index in [9.17, 15) is 9.59 Å². The van der Waals surface area contributed by atoms with Crippen LogP contribution in [0.25, 0.3) is 0 Å². The van der Waals surface area contributed by atoms with Crippen molar-refractivity contribution in [1.29, 1.82) is 0 Å². The van der Waals surface area contributed by atoms with Crippen LogP contribution in [0.4, 0.5) is 5.69 Å². The summed E-state index contributed by atoms with van der Waals surface area (Å²) in [5.74, 6) is 1.52. The number of amides is 2. The normalized spacial score (nSPS) is 12.6. The predicted molar refractivity (Wildman–Crippen MR) is 91.1 cm³/mol. The van der Waals surface area contributed by atoms with Crippen molar-refractivity contribution in [3.63, 3.8) is 0 Å². The second kappa shape index (κ2) is 7.29. The Bertz CT molecular complexity index is 784. The number of hydrogen-bond acceptors (Lipinski definition) is 5. The average Bonchev–Trinajstić information content (AvgIpc) is 3.05. The number of nitrogens with zero attached hydrogens (tertiary/aromatic N) is 1. The minimum Gasteiger partial charge on any atom is -0.486 e. The van der Waals surface area contributed by atoms with Crippen molar-refractivity contribution < 1.29 is 23.5 Å². The number of anilines is 1. The van der Waals surface area contributed by atoms with Crippen molar-refractivity contribution in [3.8, 4) is 11.5 Å². The first-order valence-corrected chi connectivity index (χ1v) is 8.12. The molecule has 1 aliphatic heterocycles. The van der Waals surface area contributed by atoms with E-state index in [0.717, 1.165) is 0 Å². The van der Waals surface area contributed by atoms with Crippen LogP contribution in [0, 0.1) is 6.92 Å². The van der Waals surface area contributed by atoms with Gasteiger partial charge in [-0.15, -0.1) is 0 Å². The van der Waals surface area contributed by atoms with Gasteiger partial charge >= 0.3 is 0 Å². The molecule has 0 unspecified atom stereocenters. The lowest BCUT2D eigenvalue weighted by Gasteiger charge is -2.20. The number of furan rings is 1. The number of rotatable bonds is 5. The minimum atomic E-state index is -0.312. The molecule has 2 aromatic rings. The summed E-state index contributed by atoms with van der Waals surface area (Å²) < 4.78 is 16.3. The van der Waals surface area contributed by atoms with Crippen LogP contribution >= 0.6 is 0 Å². The summed E-state index contributed by atoms with van der Waals surface area (Å²) in [5, 5.41) is 2.77. The maximum absolute atomic E-state index is 12.4. The lowest BCUT2D eigenvalue weighted by molar-refractivity contribution is -0.116. The number of nitrogens with one attached hydrogen (secondary N) is 1. The van der Waals surface area contributed by atoms with Gasteiger partial charge in [-0.05, 0) is 38.1 Å². The number of benzene rings is 1. The highest BCUT2D eigenvalue weighted by molar-refractivity contribution is 5.98. The third-order valence-corrected chi connectivity index (χ3v) is 3.78. The second-order valence-corrected chi connectivity index (χ2v) is 5.64. The Morgan fingerprint density at radius 3 is 2.56 bits per heavy atom. The topological polar surface area (TPSA) is 81.0 Å². The number of fused-ring (bicyclic) bond motifs is 1. The van der Waals surface area contributed by atoms with Crippen LogP contribution < -0.4 is 14.8 Å². The molecule has 2 amide bonds. The van der Waals surface area contributed by atoms with Crippen LogP contribution in [-0.4, -0.2) is 43.0 Å². The Hall–Kier alpha value is -2.96. The maximum Gasteiger partial charge on any atom is 0.290 e. The van der Waals surface area contributed by atoms with E-state index in [1.165, 1.54) is 4.90 Å². The van der Waals surface area contributed by atoms with Gasteiger partial charge in [-0.25, -0.2) is 0 Å². The third-order valence-electron chi connectivity index (χ3n) is 3.78. The molecule has 0 bridgehead atoms. The van der Waals surface area contributed by atoms with Gasteiger partial charge in [0.25, 0.3) is 5.91 Å². The van der Waals surface area contributed by atoms with E-state index in [2.05, 4.69) is 5.32 Å². The van der Waals surface area contributed by atoms with Crippen molar-refractivity contribution in [2.24, 2.45) is 0 Å². The van der Waals surface area contributed by atoms with E-state index in [1.54, 1.807) is 37.3 Å². The molecule has 7 nitrogen and oxygen atoms in total. The number of likely N-dealkylation sites (N-methyl/N-ethyl adjacent to an activating group) is 1. The monoisotopic (exact) mass is 344 g/mol. The van der Waals surface area contributed by atoms with E-state index in [0.29, 0.717) is 42.7 Å². The van der Waals surface area contributed by atoms with Crippen LogP contribution in [0.3, 0.4) is 0 Å². The molecule has 1 aromatic carbocycles. The molecule has 0 atom stereocenters. The number of ether oxygens (including phenoxy) is 2. The average molecular weight is 344 g/mol. The quantitative estimate of drug-likeness (QED) is 0.901. The van der Waals surface area contributed by atoms with Crippen molar-refractivity contribution in [1.82, 2.24) is 4.90 Å². The first-order chi connectivity index (χ1) is 12.1. The van der Waals surface area contributed by atoms with Crippen LogP contribution in [0.15, 0.2) is 34.7 Å². The van der Waals surface area contributed by atoms with E-state index < -0.39 is 0 Å². The maximum atomic E-state index is 12.4. The molecule has 2 heterocycles. The van der Waals surface area contributed by atoms with Crippen molar-refractivity contribution in [3.05, 3.63) is 41.9 Å². The molecule has 1 N–H and O–H groups in total. The standard InChI is InChI=1S/C18H20N2O5/c1-3-20(18(22)15-6-4-12(2)25-15)11-17(21)19-13-5-7-14-16(10-13)24-9-8-23-14/h4-7,10H,3,8-9,11H2,1-2H3,(H,19,21). The lowest BCUT2D eigenvalue weighted by atomic mass is 10.2. The van der Waals surface area contributed by atoms with Crippen molar-refractivity contribution in [2.75, 3.05) is 31.6 Å². The Labute approximate surface area is 145 Å². The zero-order valence-corrected chi connectivity index (χ0v) is 14.2. The number of hydrogen-bond donors (Lipinski definition) is 1. The summed E-state index contributed by atoms with van der Waals surface area (Å²) in [4.78, 5) is 26.1. The lowest BCUT2D eigenvalue weighted by Crippen LogP contribution is -2.37. The molecule has 132 valence electrons. The second-order valence-electron chi connectivity index (χ2n) is 5.64. The first kappa shape index (κ1) is 16.9. The molecular weight excluding hydrogens is 324 g/mol. The molecule has 0 spiro atoms. The van der Waals surface area contributed by atoms with E-state index in [1.807, 2.05) is 6.92 Å². The Morgan fingerprint density at radius 1 is 1.12 bits per heavy atom. The van der Waals surface area contributed by atoms with Crippen LogP contribution in [-0.2, 0) is 4.79 Å². The molecule has 1 aromatic heterocycles. The molecule has 3 rings (SSSR count). The SMILES string of the molecule is CCN(CC(=O)Nc1ccc2c(c1)OCCO2)C(=O)c1ccc(C)o1. The van der Waals surface area contributed by atoms with Gasteiger partial charge in [0.15, 0.2) is 17.3 Å². The summed E-state index contributed by atoms with van der Waals surface area (Å²) in [7, 11) is 0. The van der Waals surface area contributed by atoms with E-state index in [-0.39, 0.29) is 24.1 Å². The molecule has 0 saturated carbocycles. The Balaban J connectivity index is 1.63. The summed E-state index contributed by atoms with van der Waals surface area (Å²) in [6.07, 6.45) is 0. The van der Waals surface area contributed by atoms with Gasteiger partial charge in [-0.3, -0.25) is 9.59 Å². The summed E-state index contributed by atoms with van der Waals surface area (Å²) in [6.45, 7) is 4.90. The molecule has 25 heavy (non-hydrogen) atoms. The largest absolute Gasteiger partial charge is 0.486 e. The molecule has 1 aliphatic rings. The van der Waals surface area contributed by atoms with Gasteiger partial charge in [-0.1, -0.05) is 0 Å². The zero-order chi connectivity index (χ0) is 17.8. The molecule has 0 fully saturated rings. The number of carbonyl (C=O) groups excluding carboxylic acids is 2. The fourth-order valence-corrected chi connectivity index (χ4v) is 2.53. The Kier molecular flexibility index (Phi) is 4.92. The summed E-state index contributed by atoms with van der Waals surface area (Å²) in [5.41, 5.74) is 0.589. The third kappa shape index (κ3) is 3.93. The smallest absolute Gasteiger partial charge is 0.290 e. The predicted octanol–water partition coefficient (Wildman–Crippen LogP) is 2.46. The van der Waals surface area contributed by atoms with Crippen molar-refractivity contribution >= 4 is 17.5 Å². The van der Waals surface area contributed by atoms with Gasteiger partial charge in [-0.2, -0.15) is 0 Å². The van der Waals surface area contributed by atoms with Crippen LogP contribution in [0.2, 0.25) is 0 Å². The molecule has 0 aliphatic carbocycles. The highest BCUT2D eigenvalue weighted by Crippen LogP contribution is 2.32. The van der Waals surface area contributed by atoms with Gasteiger partial charge in [0, 0.05) is 18.3 Å². The first-order valence-electron chi connectivity index (χ1n) is 8.12. The number of carbonyl (C=O) groups is 2. The van der Waals surface area contributed by atoms with Gasteiger partial charge < -0.3 is 24.1 Å². The van der Waals surface area contributed by atoms with Crippen LogP contribution in [0.1, 0.15) is 23.2 Å². The zero-order valence-electron chi connectivity index (χ0n) is 14.2. The highest BCUT2D eigenvalue weighted by Gasteiger charge is 2.20. The molecule has 0 radical (unpaired) electrons. The van der Waals surface area contributed by atoms with E-state index >= 15 is 0 Å².